The number of carbonyl (C=O) groups is 1. The number of likely N-dealkylation sites (N-methyl/N-ethyl adjacent to an activating group) is 1. The van der Waals surface area contributed by atoms with Gasteiger partial charge in [0.15, 0.2) is 0 Å². The van der Waals surface area contributed by atoms with Crippen LogP contribution in [-0.4, -0.2) is 37.5 Å². The van der Waals surface area contributed by atoms with Gasteiger partial charge in [0.1, 0.15) is 0 Å². The summed E-state index contributed by atoms with van der Waals surface area (Å²) in [6.07, 6.45) is 0. The standard InChI is InChI=1S/C13H19IN2O/c1-9-6-5-7-11(12(9)14)13(17)15-8-10(2)16(3)4/h5-7,10H,8H2,1-4H3,(H,15,17). The molecule has 1 amide bonds. The van der Waals surface area contributed by atoms with Crippen molar-refractivity contribution < 1.29 is 4.79 Å². The molecule has 0 bridgehead atoms. The van der Waals surface area contributed by atoms with Gasteiger partial charge in [-0.25, -0.2) is 0 Å². The fraction of sp³-hybridized carbons (Fsp3) is 0.462. The van der Waals surface area contributed by atoms with Crippen molar-refractivity contribution >= 4 is 28.5 Å². The van der Waals surface area contributed by atoms with Gasteiger partial charge in [0.2, 0.25) is 0 Å². The van der Waals surface area contributed by atoms with Crippen LogP contribution in [0.2, 0.25) is 0 Å². The predicted octanol–water partition coefficient (Wildman–Crippen LogP) is 2.28. The lowest BCUT2D eigenvalue weighted by atomic mass is 10.1. The van der Waals surface area contributed by atoms with Crippen LogP contribution in [0.4, 0.5) is 0 Å². The van der Waals surface area contributed by atoms with Crippen molar-refractivity contribution in [1.82, 2.24) is 10.2 Å². The Morgan fingerprint density at radius 1 is 1.47 bits per heavy atom. The first-order chi connectivity index (χ1) is 7.93. The molecule has 3 nitrogen and oxygen atoms in total. The minimum atomic E-state index is 0.00630. The lowest BCUT2D eigenvalue weighted by Gasteiger charge is -2.20. The van der Waals surface area contributed by atoms with Crippen LogP contribution < -0.4 is 5.32 Å². The van der Waals surface area contributed by atoms with E-state index in [0.717, 1.165) is 14.7 Å². The van der Waals surface area contributed by atoms with E-state index in [9.17, 15) is 4.79 Å². The molecule has 1 unspecified atom stereocenters. The zero-order valence-electron chi connectivity index (χ0n) is 10.7. The molecule has 4 heteroatoms. The third-order valence-electron chi connectivity index (χ3n) is 2.88. The summed E-state index contributed by atoms with van der Waals surface area (Å²) in [7, 11) is 4.01. The predicted molar refractivity (Wildman–Crippen MR) is 79.4 cm³/mol. The highest BCUT2D eigenvalue weighted by Crippen LogP contribution is 2.16. The fourth-order valence-electron chi connectivity index (χ4n) is 1.34. The number of amides is 1. The Kier molecular flexibility index (Phi) is 5.39. The monoisotopic (exact) mass is 346 g/mol. The minimum Gasteiger partial charge on any atom is -0.350 e. The second kappa shape index (κ2) is 6.35. The van der Waals surface area contributed by atoms with Gasteiger partial charge in [-0.2, -0.15) is 0 Å². The Labute approximate surface area is 117 Å². The molecule has 1 rings (SSSR count). The summed E-state index contributed by atoms with van der Waals surface area (Å²) in [5.74, 6) is 0.00630. The molecule has 0 aliphatic heterocycles. The summed E-state index contributed by atoms with van der Waals surface area (Å²) in [5.41, 5.74) is 1.90. The van der Waals surface area contributed by atoms with Gasteiger partial charge < -0.3 is 10.2 Å². The molecular weight excluding hydrogens is 327 g/mol. The maximum Gasteiger partial charge on any atom is 0.252 e. The van der Waals surface area contributed by atoms with Crippen molar-refractivity contribution in [2.45, 2.75) is 19.9 Å². The van der Waals surface area contributed by atoms with Crippen LogP contribution in [0.1, 0.15) is 22.8 Å². The van der Waals surface area contributed by atoms with Gasteiger partial charge >= 0.3 is 0 Å². The number of hydrogen-bond acceptors (Lipinski definition) is 2. The lowest BCUT2D eigenvalue weighted by molar-refractivity contribution is 0.0942. The molecule has 1 aromatic carbocycles. The van der Waals surface area contributed by atoms with Crippen LogP contribution in [0.25, 0.3) is 0 Å². The Hall–Kier alpha value is -0.620. The van der Waals surface area contributed by atoms with E-state index in [0.29, 0.717) is 12.6 Å². The third-order valence-corrected chi connectivity index (χ3v) is 4.31. The number of halogens is 1. The zero-order valence-corrected chi connectivity index (χ0v) is 12.9. The van der Waals surface area contributed by atoms with Crippen molar-refractivity contribution in [3.05, 3.63) is 32.9 Å². The van der Waals surface area contributed by atoms with Crippen LogP contribution in [0.5, 0.6) is 0 Å². The van der Waals surface area contributed by atoms with Gasteiger partial charge in [0.25, 0.3) is 5.91 Å². The summed E-state index contributed by atoms with van der Waals surface area (Å²) in [6.45, 7) is 4.76. The van der Waals surface area contributed by atoms with Crippen molar-refractivity contribution in [1.29, 1.82) is 0 Å². The molecule has 0 aromatic heterocycles. The molecule has 0 radical (unpaired) electrons. The number of nitrogens with one attached hydrogen (secondary N) is 1. The molecule has 0 aliphatic carbocycles. The maximum atomic E-state index is 12.0. The molecule has 0 saturated heterocycles. The average Bonchev–Trinajstić information content (AvgIpc) is 2.29. The minimum absolute atomic E-state index is 0.00630. The molecule has 0 aliphatic rings. The lowest BCUT2D eigenvalue weighted by Crippen LogP contribution is -2.38. The highest BCUT2D eigenvalue weighted by molar-refractivity contribution is 14.1. The number of benzene rings is 1. The molecule has 0 fully saturated rings. The van der Waals surface area contributed by atoms with Gasteiger partial charge in [0, 0.05) is 16.2 Å². The largest absolute Gasteiger partial charge is 0.350 e. The average molecular weight is 346 g/mol. The SMILES string of the molecule is Cc1cccc(C(=O)NCC(C)N(C)C)c1I. The molecule has 0 spiro atoms. The number of hydrogen-bond donors (Lipinski definition) is 1. The van der Waals surface area contributed by atoms with Gasteiger partial charge in [-0.3, -0.25) is 4.79 Å². The number of nitrogens with zero attached hydrogens (tertiary/aromatic N) is 1. The molecule has 1 atom stereocenters. The van der Waals surface area contributed by atoms with Crippen LogP contribution in [0.15, 0.2) is 18.2 Å². The Morgan fingerprint density at radius 2 is 2.12 bits per heavy atom. The first kappa shape index (κ1) is 14.4. The highest BCUT2D eigenvalue weighted by atomic mass is 127. The first-order valence-corrected chi connectivity index (χ1v) is 6.71. The number of aryl methyl sites for hydroxylation is 1. The van der Waals surface area contributed by atoms with Crippen LogP contribution in [-0.2, 0) is 0 Å². The van der Waals surface area contributed by atoms with E-state index in [2.05, 4.69) is 39.7 Å². The Balaban J connectivity index is 2.68. The van der Waals surface area contributed by atoms with Gasteiger partial charge in [-0.05, 0) is 62.2 Å². The molecule has 1 N–H and O–H groups in total. The molecule has 17 heavy (non-hydrogen) atoms. The van der Waals surface area contributed by atoms with Crippen molar-refractivity contribution in [3.63, 3.8) is 0 Å². The summed E-state index contributed by atoms with van der Waals surface area (Å²) in [6, 6.07) is 6.13. The molecule has 0 saturated carbocycles. The van der Waals surface area contributed by atoms with Gasteiger partial charge in [-0.1, -0.05) is 12.1 Å². The summed E-state index contributed by atoms with van der Waals surface area (Å²) in [4.78, 5) is 14.1. The van der Waals surface area contributed by atoms with E-state index in [-0.39, 0.29) is 5.91 Å². The number of carbonyl (C=O) groups excluding carboxylic acids is 1. The first-order valence-electron chi connectivity index (χ1n) is 5.63. The molecule has 94 valence electrons. The van der Waals surface area contributed by atoms with Gasteiger partial charge in [0.05, 0.1) is 5.56 Å². The smallest absolute Gasteiger partial charge is 0.252 e. The summed E-state index contributed by atoms with van der Waals surface area (Å²) >= 11 is 2.22. The van der Waals surface area contributed by atoms with E-state index in [4.69, 9.17) is 0 Å². The zero-order chi connectivity index (χ0) is 13.0. The maximum absolute atomic E-state index is 12.0. The number of rotatable bonds is 4. The second-order valence-electron chi connectivity index (χ2n) is 4.46. The third kappa shape index (κ3) is 3.96. The topological polar surface area (TPSA) is 32.3 Å². The van der Waals surface area contributed by atoms with Crippen molar-refractivity contribution in [3.8, 4) is 0 Å². The quantitative estimate of drug-likeness (QED) is 0.849. The van der Waals surface area contributed by atoms with Crippen molar-refractivity contribution in [2.24, 2.45) is 0 Å². The highest BCUT2D eigenvalue weighted by Gasteiger charge is 2.12. The van der Waals surface area contributed by atoms with E-state index in [1.807, 2.05) is 39.2 Å². The van der Waals surface area contributed by atoms with E-state index in [1.165, 1.54) is 0 Å². The Bertz CT molecular complexity index is 404. The Morgan fingerprint density at radius 3 is 2.71 bits per heavy atom. The van der Waals surface area contributed by atoms with Crippen LogP contribution in [0.3, 0.4) is 0 Å². The summed E-state index contributed by atoms with van der Waals surface area (Å²) in [5, 5.41) is 2.96. The molecule has 0 heterocycles. The van der Waals surface area contributed by atoms with E-state index < -0.39 is 0 Å². The van der Waals surface area contributed by atoms with Crippen LogP contribution >= 0.6 is 22.6 Å². The van der Waals surface area contributed by atoms with Crippen molar-refractivity contribution in [2.75, 3.05) is 20.6 Å². The summed E-state index contributed by atoms with van der Waals surface area (Å²) < 4.78 is 1.03. The van der Waals surface area contributed by atoms with Crippen LogP contribution in [0, 0.1) is 10.5 Å². The van der Waals surface area contributed by atoms with E-state index >= 15 is 0 Å². The second-order valence-corrected chi connectivity index (χ2v) is 5.54. The fourth-order valence-corrected chi connectivity index (χ4v) is 1.95. The molecular formula is C13H19IN2O. The van der Waals surface area contributed by atoms with Gasteiger partial charge in [-0.15, -0.1) is 0 Å². The molecule has 1 aromatic rings. The van der Waals surface area contributed by atoms with E-state index in [1.54, 1.807) is 0 Å². The normalized spacial score (nSPS) is 12.6.